The molecule has 184 valence electrons. The Morgan fingerprint density at radius 3 is 2.50 bits per heavy atom. The van der Waals surface area contributed by atoms with Gasteiger partial charge in [0.05, 0.1) is 27.6 Å². The molecular weight excluding hydrogens is 460 g/mol. The first-order valence-corrected chi connectivity index (χ1v) is 11.9. The molecule has 0 aromatic heterocycles. The van der Waals surface area contributed by atoms with Crippen LogP contribution < -0.4 is 11.1 Å². The molecule has 0 radical (unpaired) electrons. The topological polar surface area (TPSA) is 139 Å². The highest BCUT2D eigenvalue weighted by atomic mass is 32.2. The van der Waals surface area contributed by atoms with E-state index in [4.69, 9.17) is 10.5 Å². The van der Waals surface area contributed by atoms with Gasteiger partial charge in [-0.3, -0.25) is 19.3 Å². The maximum atomic E-state index is 13.1. The molecule has 11 heteroatoms. The lowest BCUT2D eigenvalue weighted by Crippen LogP contribution is -2.71. The van der Waals surface area contributed by atoms with Crippen LogP contribution in [0.15, 0.2) is 41.6 Å². The number of amides is 2. The number of fused-ring (bicyclic) bond motifs is 1. The number of thioether (sulfide) groups is 1. The van der Waals surface area contributed by atoms with Crippen molar-refractivity contribution in [3.8, 4) is 0 Å². The summed E-state index contributed by atoms with van der Waals surface area (Å²) in [6.45, 7) is 2.03. The molecule has 2 amide bonds. The minimum atomic E-state index is -1.08. The van der Waals surface area contributed by atoms with Gasteiger partial charge >= 0.3 is 11.9 Å². The third kappa shape index (κ3) is 5.78. The fourth-order valence-electron chi connectivity index (χ4n) is 3.97. The molecule has 1 fully saturated rings. The first-order chi connectivity index (χ1) is 15.9. The molecule has 2 aliphatic rings. The first-order valence-electron chi connectivity index (χ1n) is 10.9. The Kier molecular flexibility index (Phi) is 7.69. The van der Waals surface area contributed by atoms with Crippen molar-refractivity contribution < 1.29 is 33.5 Å². The van der Waals surface area contributed by atoms with E-state index < -0.39 is 47.3 Å². The third-order valence-electron chi connectivity index (χ3n) is 5.52. The fraction of sp³-hybridized carbons (Fsp3) is 0.478. The van der Waals surface area contributed by atoms with Gasteiger partial charge in [0, 0.05) is 5.75 Å². The Labute approximate surface area is 202 Å². The Morgan fingerprint density at radius 1 is 1.26 bits per heavy atom. The summed E-state index contributed by atoms with van der Waals surface area (Å²) < 4.78 is 5.96. The van der Waals surface area contributed by atoms with Crippen LogP contribution in [0.3, 0.4) is 0 Å². The van der Waals surface area contributed by atoms with Crippen LogP contribution in [-0.4, -0.2) is 89.2 Å². The van der Waals surface area contributed by atoms with E-state index in [1.807, 2.05) is 27.2 Å². The summed E-state index contributed by atoms with van der Waals surface area (Å²) in [7, 11) is 5.60. The predicted molar refractivity (Wildman–Crippen MR) is 126 cm³/mol. The summed E-state index contributed by atoms with van der Waals surface area (Å²) in [4.78, 5) is 51.3. The molecule has 4 N–H and O–H groups in total. The van der Waals surface area contributed by atoms with Crippen LogP contribution in [0.5, 0.6) is 0 Å². The molecule has 1 unspecified atom stereocenters. The van der Waals surface area contributed by atoms with Crippen LogP contribution >= 0.6 is 11.8 Å². The highest BCUT2D eigenvalue weighted by Gasteiger charge is 2.54. The van der Waals surface area contributed by atoms with Crippen molar-refractivity contribution in [1.82, 2.24) is 10.2 Å². The van der Waals surface area contributed by atoms with Gasteiger partial charge < -0.3 is 25.4 Å². The van der Waals surface area contributed by atoms with Crippen LogP contribution in [0.1, 0.15) is 24.9 Å². The summed E-state index contributed by atoms with van der Waals surface area (Å²) in [6, 6.07) is 7.10. The monoisotopic (exact) mass is 491 g/mol. The molecule has 0 bridgehead atoms. The molecule has 0 saturated carbocycles. The molecule has 1 saturated heterocycles. The van der Waals surface area contributed by atoms with Gasteiger partial charge in [0.25, 0.3) is 5.91 Å². The summed E-state index contributed by atoms with van der Waals surface area (Å²) in [5.74, 6) is -2.26. The van der Waals surface area contributed by atoms with E-state index in [9.17, 15) is 24.3 Å². The van der Waals surface area contributed by atoms with Crippen molar-refractivity contribution in [3.05, 3.63) is 47.2 Å². The quantitative estimate of drug-likeness (QED) is 0.257. The number of ether oxygens (including phenoxy) is 1. The summed E-state index contributed by atoms with van der Waals surface area (Å²) in [6.07, 6.45) is -1.19. The predicted octanol–water partition coefficient (Wildman–Crippen LogP) is 0.453. The third-order valence-corrected chi connectivity index (χ3v) is 6.94. The normalized spacial score (nSPS) is 21.8. The Balaban J connectivity index is 1.70. The van der Waals surface area contributed by atoms with Gasteiger partial charge in [-0.1, -0.05) is 30.3 Å². The Morgan fingerprint density at radius 2 is 1.91 bits per heavy atom. The first kappa shape index (κ1) is 25.7. The highest BCUT2D eigenvalue weighted by Crippen LogP contribution is 2.40. The van der Waals surface area contributed by atoms with Crippen molar-refractivity contribution in [2.75, 3.05) is 33.4 Å². The highest BCUT2D eigenvalue weighted by molar-refractivity contribution is 8.00. The molecule has 1 aromatic carbocycles. The van der Waals surface area contributed by atoms with Gasteiger partial charge in [0.1, 0.15) is 29.7 Å². The average molecular weight is 492 g/mol. The van der Waals surface area contributed by atoms with Gasteiger partial charge in [-0.15, -0.1) is 11.8 Å². The van der Waals surface area contributed by atoms with Gasteiger partial charge in [0.15, 0.2) is 6.10 Å². The largest absolute Gasteiger partial charge is 0.481 e. The standard InChI is InChI=1S/C23H30N4O6S/c1-13-12-34-22-18(25-20(30)17(24)14-8-6-5-7-9-14)21(31)26(22)19(13)23(32)33-15(10-16(28)29)11-27(2,3)4/h5-9,15,17-18,22H,10-12,24H2,1-4H3,(H-,25,28,29,30)/p+1/t15?,17-,18-,22-/m1/s1. The number of aliphatic carboxylic acids is 1. The molecule has 0 spiro atoms. The summed E-state index contributed by atoms with van der Waals surface area (Å²) >= 11 is 1.43. The number of carboxylic acid groups (broad SMARTS) is 1. The number of carboxylic acids is 1. The molecule has 1 aromatic rings. The van der Waals surface area contributed by atoms with Crippen LogP contribution in [0.2, 0.25) is 0 Å². The smallest absolute Gasteiger partial charge is 0.355 e. The molecule has 0 aliphatic carbocycles. The number of hydrogen-bond acceptors (Lipinski definition) is 7. The molecule has 34 heavy (non-hydrogen) atoms. The minimum absolute atomic E-state index is 0.114. The van der Waals surface area contributed by atoms with E-state index in [1.165, 1.54) is 16.7 Å². The van der Waals surface area contributed by atoms with E-state index in [-0.39, 0.29) is 12.1 Å². The van der Waals surface area contributed by atoms with E-state index in [0.29, 0.717) is 27.9 Å². The number of β-lactam (4-membered cyclic amide) rings is 1. The Bertz CT molecular complexity index is 1010. The number of rotatable bonds is 9. The molecule has 4 atom stereocenters. The molecule has 2 heterocycles. The van der Waals surface area contributed by atoms with Gasteiger partial charge in [-0.25, -0.2) is 4.79 Å². The van der Waals surface area contributed by atoms with Gasteiger partial charge in [0.2, 0.25) is 5.91 Å². The lowest BCUT2D eigenvalue weighted by atomic mass is 10.0. The molecule has 3 rings (SSSR count). The zero-order valence-electron chi connectivity index (χ0n) is 19.7. The lowest BCUT2D eigenvalue weighted by Gasteiger charge is -2.49. The van der Waals surface area contributed by atoms with Crippen LogP contribution in [0, 0.1) is 0 Å². The van der Waals surface area contributed by atoms with Crippen molar-refractivity contribution in [2.24, 2.45) is 5.73 Å². The molecular formula is C23H31N4O6S+. The number of nitrogens with zero attached hydrogens (tertiary/aromatic N) is 2. The number of carbonyl (C=O) groups excluding carboxylic acids is 3. The average Bonchev–Trinajstić information content (AvgIpc) is 2.75. The number of likely N-dealkylation sites (N-methyl/N-ethyl adjacent to an activating group) is 1. The van der Waals surface area contributed by atoms with Crippen molar-refractivity contribution in [1.29, 1.82) is 0 Å². The summed E-state index contributed by atoms with van der Waals surface area (Å²) in [5.41, 5.74) is 7.44. The fourth-order valence-corrected chi connectivity index (χ4v) is 5.27. The number of carbonyl (C=O) groups is 4. The van der Waals surface area contributed by atoms with Crippen LogP contribution in [-0.2, 0) is 23.9 Å². The van der Waals surface area contributed by atoms with Crippen LogP contribution in [0.25, 0.3) is 0 Å². The lowest BCUT2D eigenvalue weighted by molar-refractivity contribution is -0.873. The van der Waals surface area contributed by atoms with Crippen molar-refractivity contribution >= 4 is 35.5 Å². The van der Waals surface area contributed by atoms with Gasteiger partial charge in [-0.05, 0) is 18.1 Å². The van der Waals surface area contributed by atoms with E-state index in [2.05, 4.69) is 5.32 Å². The van der Waals surface area contributed by atoms with Crippen molar-refractivity contribution in [2.45, 2.75) is 36.9 Å². The number of nitrogens with two attached hydrogens (primary N) is 1. The minimum Gasteiger partial charge on any atom is -0.481 e. The second kappa shape index (κ2) is 10.2. The number of quaternary nitrogens is 1. The van der Waals surface area contributed by atoms with Gasteiger partial charge in [-0.2, -0.15) is 0 Å². The maximum Gasteiger partial charge on any atom is 0.355 e. The van der Waals surface area contributed by atoms with E-state index in [1.54, 1.807) is 31.2 Å². The van der Waals surface area contributed by atoms with Crippen molar-refractivity contribution in [3.63, 3.8) is 0 Å². The maximum absolute atomic E-state index is 13.1. The van der Waals surface area contributed by atoms with E-state index in [0.717, 1.165) is 0 Å². The zero-order chi connectivity index (χ0) is 25.2. The number of hydrogen-bond donors (Lipinski definition) is 3. The Hall–Kier alpha value is -2.89. The second-order valence-corrected chi connectivity index (χ2v) is 10.6. The SMILES string of the molecule is CC1=C(C(=O)OC(CC(=O)O)C[N+](C)(C)C)N2C(=O)[C@@H](NC(=O)[C@H](N)c3ccccc3)[C@H]2SC1. The molecule has 2 aliphatic heterocycles. The second-order valence-electron chi connectivity index (χ2n) is 9.51. The van der Waals surface area contributed by atoms with E-state index >= 15 is 0 Å². The number of benzene rings is 1. The van der Waals surface area contributed by atoms with Crippen LogP contribution in [0.4, 0.5) is 0 Å². The summed E-state index contributed by atoms with van der Waals surface area (Å²) in [5, 5.41) is 11.5. The number of nitrogens with one attached hydrogen (secondary N) is 1. The zero-order valence-corrected chi connectivity index (χ0v) is 20.5. The number of esters is 1. The molecule has 10 nitrogen and oxygen atoms in total.